The fraction of sp³-hybridized carbons (Fsp3) is 0.0417. The number of pyridine rings is 1. The van der Waals surface area contributed by atoms with E-state index in [0.717, 1.165) is 10.9 Å². The van der Waals surface area contributed by atoms with Crippen molar-refractivity contribution in [2.75, 3.05) is 12.4 Å². The number of hydrogen-bond acceptors (Lipinski definition) is 7. The minimum absolute atomic E-state index is 0.0258. The molecule has 0 aliphatic heterocycles. The number of amides is 1. The Hall–Kier alpha value is -4.41. The lowest BCUT2D eigenvalue weighted by molar-refractivity contribution is 0.0537. The molecule has 0 saturated heterocycles. The van der Waals surface area contributed by atoms with E-state index in [1.807, 2.05) is 24.3 Å². The number of aromatic nitrogens is 5. The van der Waals surface area contributed by atoms with Gasteiger partial charge in [0.1, 0.15) is 5.82 Å². The molecular weight excluding hydrogens is 473 g/mol. The van der Waals surface area contributed by atoms with E-state index in [-0.39, 0.29) is 11.0 Å². The highest BCUT2D eigenvalue weighted by molar-refractivity contribution is 6.31. The summed E-state index contributed by atoms with van der Waals surface area (Å²) in [5.74, 6) is -0.280. The van der Waals surface area contributed by atoms with Crippen LogP contribution in [0.4, 0.5) is 16.0 Å². The van der Waals surface area contributed by atoms with Crippen molar-refractivity contribution >= 4 is 40.0 Å². The van der Waals surface area contributed by atoms with Gasteiger partial charge in [-0.05, 0) is 30.3 Å². The molecule has 0 radical (unpaired) electrons. The van der Waals surface area contributed by atoms with Crippen molar-refractivity contribution in [1.82, 2.24) is 30.2 Å². The number of nitrogens with zero attached hydrogens (tertiary/aromatic N) is 5. The van der Waals surface area contributed by atoms with Gasteiger partial charge in [0.2, 0.25) is 5.95 Å². The van der Waals surface area contributed by atoms with Gasteiger partial charge in [-0.1, -0.05) is 29.8 Å². The molecule has 0 aliphatic carbocycles. The Balaban J connectivity index is 1.64. The van der Waals surface area contributed by atoms with Gasteiger partial charge in [-0.25, -0.2) is 19.5 Å². The van der Waals surface area contributed by atoms with Crippen molar-refractivity contribution < 1.29 is 14.0 Å². The first-order valence-electron chi connectivity index (χ1n) is 10.3. The van der Waals surface area contributed by atoms with Crippen LogP contribution in [0.5, 0.6) is 0 Å². The average molecular weight is 490 g/mol. The molecule has 2 N–H and O–H groups in total. The Labute approximate surface area is 203 Å². The molecule has 0 bridgehead atoms. The highest BCUT2D eigenvalue weighted by atomic mass is 35.5. The molecule has 35 heavy (non-hydrogen) atoms. The molecule has 0 spiro atoms. The molecule has 11 heteroatoms. The zero-order chi connectivity index (χ0) is 24.4. The molecule has 0 saturated carbocycles. The molecule has 5 aromatic rings. The summed E-state index contributed by atoms with van der Waals surface area (Å²) in [7, 11) is 1.35. The van der Waals surface area contributed by atoms with Gasteiger partial charge in [-0.3, -0.25) is 14.6 Å². The standard InChI is InChI=1S/C24H17ClFN7O2/c1-35-32-23(34)16-8-15(10-27-11-16)18-13-28-24(30-17-6-7-20(26)19(25)9-17)31-22(18)33-21-5-3-2-4-14(21)12-29-33/h2-13H,1H3,(H,32,34)(H,28,30,31). The van der Waals surface area contributed by atoms with Crippen LogP contribution in [0.3, 0.4) is 0 Å². The van der Waals surface area contributed by atoms with Gasteiger partial charge in [0.05, 0.1) is 29.4 Å². The number of para-hydroxylation sites is 1. The van der Waals surface area contributed by atoms with Gasteiger partial charge >= 0.3 is 0 Å². The lowest BCUT2D eigenvalue weighted by atomic mass is 10.1. The molecule has 1 amide bonds. The number of fused-ring (bicyclic) bond motifs is 1. The summed E-state index contributed by atoms with van der Waals surface area (Å²) in [6, 6.07) is 13.6. The Bertz CT molecular complexity index is 1560. The number of carbonyl (C=O) groups excluding carboxylic acids is 1. The molecular formula is C24H17ClFN7O2. The second-order valence-corrected chi connectivity index (χ2v) is 7.80. The molecule has 0 atom stereocenters. The summed E-state index contributed by atoms with van der Waals surface area (Å²) in [6.45, 7) is 0. The minimum atomic E-state index is -0.526. The van der Waals surface area contributed by atoms with E-state index in [9.17, 15) is 9.18 Å². The van der Waals surface area contributed by atoms with E-state index in [0.29, 0.717) is 28.2 Å². The zero-order valence-corrected chi connectivity index (χ0v) is 19.0. The lowest BCUT2D eigenvalue weighted by Gasteiger charge is -2.13. The molecule has 5 rings (SSSR count). The maximum atomic E-state index is 13.6. The maximum absolute atomic E-state index is 13.6. The van der Waals surface area contributed by atoms with E-state index in [1.54, 1.807) is 29.3 Å². The number of rotatable bonds is 6. The van der Waals surface area contributed by atoms with Crippen LogP contribution in [0, 0.1) is 5.82 Å². The van der Waals surface area contributed by atoms with Crippen molar-refractivity contribution in [2.45, 2.75) is 0 Å². The summed E-state index contributed by atoms with van der Waals surface area (Å²) in [5.41, 5.74) is 5.09. The fourth-order valence-corrected chi connectivity index (χ4v) is 3.69. The van der Waals surface area contributed by atoms with E-state index < -0.39 is 11.7 Å². The van der Waals surface area contributed by atoms with Crippen molar-refractivity contribution in [3.63, 3.8) is 0 Å². The van der Waals surface area contributed by atoms with Crippen molar-refractivity contribution in [3.05, 3.63) is 89.7 Å². The second-order valence-electron chi connectivity index (χ2n) is 7.40. The number of carbonyl (C=O) groups is 1. The van der Waals surface area contributed by atoms with Gasteiger partial charge in [0.15, 0.2) is 5.82 Å². The third kappa shape index (κ3) is 4.52. The third-order valence-electron chi connectivity index (χ3n) is 5.13. The maximum Gasteiger partial charge on any atom is 0.276 e. The van der Waals surface area contributed by atoms with Crippen LogP contribution >= 0.6 is 11.6 Å². The summed E-state index contributed by atoms with van der Waals surface area (Å²) in [5, 5.41) is 8.45. The largest absolute Gasteiger partial charge is 0.324 e. The summed E-state index contributed by atoms with van der Waals surface area (Å²) in [6.07, 6.45) is 6.36. The molecule has 3 aromatic heterocycles. The zero-order valence-electron chi connectivity index (χ0n) is 18.2. The topological polar surface area (TPSA) is 107 Å². The monoisotopic (exact) mass is 489 g/mol. The quantitative estimate of drug-likeness (QED) is 0.333. The van der Waals surface area contributed by atoms with Crippen LogP contribution in [-0.2, 0) is 4.84 Å². The normalized spacial score (nSPS) is 10.9. The molecule has 9 nitrogen and oxygen atoms in total. The Morgan fingerprint density at radius 2 is 1.94 bits per heavy atom. The minimum Gasteiger partial charge on any atom is -0.324 e. The van der Waals surface area contributed by atoms with Gasteiger partial charge in [-0.15, -0.1) is 0 Å². The molecule has 0 aliphatic rings. The van der Waals surface area contributed by atoms with Crippen LogP contribution in [0.15, 0.2) is 73.3 Å². The lowest BCUT2D eigenvalue weighted by Crippen LogP contribution is -2.21. The molecule has 0 unspecified atom stereocenters. The summed E-state index contributed by atoms with van der Waals surface area (Å²) < 4.78 is 15.2. The molecule has 0 fully saturated rings. The Morgan fingerprint density at radius 3 is 2.77 bits per heavy atom. The van der Waals surface area contributed by atoms with E-state index in [2.05, 4.69) is 30.8 Å². The Morgan fingerprint density at radius 1 is 1.09 bits per heavy atom. The first kappa shape index (κ1) is 22.4. The molecule has 3 heterocycles. The van der Waals surface area contributed by atoms with Crippen LogP contribution < -0.4 is 10.8 Å². The highest BCUT2D eigenvalue weighted by Crippen LogP contribution is 2.29. The number of halogens is 2. The highest BCUT2D eigenvalue weighted by Gasteiger charge is 2.17. The van der Waals surface area contributed by atoms with E-state index >= 15 is 0 Å². The summed E-state index contributed by atoms with van der Waals surface area (Å²) in [4.78, 5) is 30.3. The number of hydrogen-bond donors (Lipinski definition) is 2. The van der Waals surface area contributed by atoms with Crippen LogP contribution in [0.1, 0.15) is 10.4 Å². The SMILES string of the molecule is CONC(=O)c1cncc(-c2cnc(Nc3ccc(F)c(Cl)c3)nc2-n2ncc3ccccc32)c1. The smallest absolute Gasteiger partial charge is 0.276 e. The predicted molar refractivity (Wildman–Crippen MR) is 129 cm³/mol. The van der Waals surface area contributed by atoms with E-state index in [4.69, 9.17) is 16.4 Å². The third-order valence-corrected chi connectivity index (χ3v) is 5.42. The van der Waals surface area contributed by atoms with Crippen LogP contribution in [0.25, 0.3) is 27.8 Å². The van der Waals surface area contributed by atoms with Crippen molar-refractivity contribution in [3.8, 4) is 16.9 Å². The van der Waals surface area contributed by atoms with Crippen LogP contribution in [0.2, 0.25) is 5.02 Å². The number of anilines is 2. The molecule has 2 aromatic carbocycles. The Kier molecular flexibility index (Phi) is 6.04. The van der Waals surface area contributed by atoms with Crippen molar-refractivity contribution in [2.24, 2.45) is 0 Å². The van der Waals surface area contributed by atoms with Gasteiger partial charge in [0, 0.05) is 40.8 Å². The summed E-state index contributed by atoms with van der Waals surface area (Å²) >= 11 is 5.91. The first-order chi connectivity index (χ1) is 17.0. The average Bonchev–Trinajstić information content (AvgIpc) is 3.31. The van der Waals surface area contributed by atoms with Crippen LogP contribution in [-0.4, -0.2) is 37.7 Å². The first-order valence-corrected chi connectivity index (χ1v) is 10.7. The number of benzene rings is 2. The number of hydroxylamine groups is 1. The van der Waals surface area contributed by atoms with Crippen molar-refractivity contribution in [1.29, 1.82) is 0 Å². The van der Waals surface area contributed by atoms with Gasteiger partial charge in [-0.2, -0.15) is 10.1 Å². The van der Waals surface area contributed by atoms with Gasteiger partial charge in [0.25, 0.3) is 5.91 Å². The predicted octanol–water partition coefficient (Wildman–Crippen LogP) is 4.70. The molecule has 174 valence electrons. The van der Waals surface area contributed by atoms with Gasteiger partial charge < -0.3 is 5.32 Å². The van der Waals surface area contributed by atoms with E-state index in [1.165, 1.54) is 31.5 Å². The number of nitrogens with one attached hydrogen (secondary N) is 2. The second kappa shape index (κ2) is 9.45. The fourth-order valence-electron chi connectivity index (χ4n) is 3.50.